The molecular formula is C20H18Cl2F4N2O2. The predicted octanol–water partition coefficient (Wildman–Crippen LogP) is 5.52. The van der Waals surface area contributed by atoms with Crippen molar-refractivity contribution >= 4 is 29.1 Å². The third kappa shape index (κ3) is 4.87. The number of benzene rings is 1. The van der Waals surface area contributed by atoms with E-state index in [1.807, 2.05) is 0 Å². The minimum Gasteiger partial charge on any atom is -0.387 e. The summed E-state index contributed by atoms with van der Waals surface area (Å²) >= 11 is 11.8. The molecule has 1 amide bonds. The highest BCUT2D eigenvalue weighted by molar-refractivity contribution is 6.34. The molecule has 0 saturated heterocycles. The lowest BCUT2D eigenvalue weighted by atomic mass is 9.76. The first kappa shape index (κ1) is 22.8. The van der Waals surface area contributed by atoms with Gasteiger partial charge in [-0.25, -0.2) is 4.39 Å². The van der Waals surface area contributed by atoms with Crippen molar-refractivity contribution in [1.82, 2.24) is 10.3 Å². The van der Waals surface area contributed by atoms with E-state index in [1.165, 1.54) is 6.07 Å². The first-order valence-electron chi connectivity index (χ1n) is 9.16. The molecule has 10 heteroatoms. The second kappa shape index (κ2) is 8.69. The van der Waals surface area contributed by atoms with E-state index in [2.05, 4.69) is 10.3 Å². The number of nitrogens with one attached hydrogen (secondary N) is 1. The summed E-state index contributed by atoms with van der Waals surface area (Å²) in [6, 6.07) is 6.39. The van der Waals surface area contributed by atoms with Crippen LogP contribution < -0.4 is 5.32 Å². The monoisotopic (exact) mass is 464 g/mol. The summed E-state index contributed by atoms with van der Waals surface area (Å²) in [6.45, 7) is 0. The molecule has 3 rings (SSSR count). The molecule has 0 unspecified atom stereocenters. The second-order valence-electron chi connectivity index (χ2n) is 7.26. The Hall–Kier alpha value is -1.90. The molecule has 2 N–H and O–H groups in total. The lowest BCUT2D eigenvalue weighted by Gasteiger charge is -2.40. The Bertz CT molecular complexity index is 931. The van der Waals surface area contributed by atoms with E-state index in [1.54, 1.807) is 18.2 Å². The zero-order chi connectivity index (χ0) is 22.1. The Morgan fingerprint density at radius 1 is 1.23 bits per heavy atom. The molecule has 30 heavy (non-hydrogen) atoms. The molecule has 1 heterocycles. The van der Waals surface area contributed by atoms with Crippen LogP contribution in [0.25, 0.3) is 0 Å². The number of alkyl halides is 4. The van der Waals surface area contributed by atoms with Crippen LogP contribution >= 0.6 is 23.2 Å². The number of aliphatic hydroxyl groups is 1. The largest absolute Gasteiger partial charge is 0.434 e. The molecule has 1 fully saturated rings. The zero-order valence-corrected chi connectivity index (χ0v) is 17.0. The SMILES string of the molecule is O=C(N[C@@H](c1cccc(Cl)c1)[C@]1(O)CC[C@H](F)CC1)c1ccnc(C(F)(F)F)c1Cl. The lowest BCUT2D eigenvalue weighted by molar-refractivity contribution is -0.141. The molecule has 1 atom stereocenters. The number of carbonyl (C=O) groups is 1. The number of pyridine rings is 1. The van der Waals surface area contributed by atoms with Gasteiger partial charge in [-0.2, -0.15) is 13.2 Å². The van der Waals surface area contributed by atoms with E-state index in [-0.39, 0.29) is 25.7 Å². The predicted molar refractivity (Wildman–Crippen MR) is 104 cm³/mol. The third-order valence-corrected chi connectivity index (χ3v) is 5.80. The number of amides is 1. The van der Waals surface area contributed by atoms with E-state index in [0.29, 0.717) is 10.6 Å². The molecule has 1 aromatic heterocycles. The van der Waals surface area contributed by atoms with Crippen molar-refractivity contribution in [3.8, 4) is 0 Å². The fraction of sp³-hybridized carbons (Fsp3) is 0.400. The van der Waals surface area contributed by atoms with Crippen LogP contribution in [0.2, 0.25) is 10.0 Å². The van der Waals surface area contributed by atoms with E-state index in [4.69, 9.17) is 23.2 Å². The van der Waals surface area contributed by atoms with Gasteiger partial charge in [0.2, 0.25) is 0 Å². The summed E-state index contributed by atoms with van der Waals surface area (Å²) in [5, 5.41) is 13.3. The van der Waals surface area contributed by atoms with Crippen molar-refractivity contribution < 1.29 is 27.5 Å². The number of hydrogen-bond acceptors (Lipinski definition) is 3. The number of aromatic nitrogens is 1. The van der Waals surface area contributed by atoms with Crippen LogP contribution in [0.3, 0.4) is 0 Å². The first-order valence-corrected chi connectivity index (χ1v) is 9.91. The maximum absolute atomic E-state index is 13.6. The van der Waals surface area contributed by atoms with Crippen LogP contribution in [-0.2, 0) is 6.18 Å². The van der Waals surface area contributed by atoms with Crippen LogP contribution in [-0.4, -0.2) is 27.8 Å². The van der Waals surface area contributed by atoms with E-state index in [0.717, 1.165) is 12.3 Å². The molecule has 162 valence electrons. The third-order valence-electron chi connectivity index (χ3n) is 5.18. The molecule has 1 aromatic carbocycles. The maximum atomic E-state index is 13.6. The van der Waals surface area contributed by atoms with Gasteiger partial charge in [-0.3, -0.25) is 9.78 Å². The summed E-state index contributed by atoms with van der Waals surface area (Å²) in [5.41, 5.74) is -2.88. The lowest BCUT2D eigenvalue weighted by Crippen LogP contribution is -2.48. The Labute approximate surface area is 180 Å². The Morgan fingerprint density at radius 2 is 1.90 bits per heavy atom. The van der Waals surface area contributed by atoms with Gasteiger partial charge >= 0.3 is 6.18 Å². The fourth-order valence-corrected chi connectivity index (χ4v) is 4.11. The minimum atomic E-state index is -4.84. The Morgan fingerprint density at radius 3 is 2.50 bits per heavy atom. The van der Waals surface area contributed by atoms with Crippen LogP contribution in [0.4, 0.5) is 17.6 Å². The van der Waals surface area contributed by atoms with Gasteiger partial charge in [0, 0.05) is 11.2 Å². The van der Waals surface area contributed by atoms with Gasteiger partial charge in [0.15, 0.2) is 5.69 Å². The maximum Gasteiger partial charge on any atom is 0.434 e. The Kier molecular flexibility index (Phi) is 6.60. The van der Waals surface area contributed by atoms with Crippen molar-refractivity contribution in [1.29, 1.82) is 0 Å². The van der Waals surface area contributed by atoms with Crippen molar-refractivity contribution in [2.75, 3.05) is 0 Å². The molecular weight excluding hydrogens is 447 g/mol. The van der Waals surface area contributed by atoms with Gasteiger partial charge in [-0.05, 0) is 49.4 Å². The molecule has 1 aliphatic rings. The van der Waals surface area contributed by atoms with Crippen LogP contribution in [0, 0.1) is 0 Å². The van der Waals surface area contributed by atoms with Gasteiger partial charge in [-0.15, -0.1) is 0 Å². The highest BCUT2D eigenvalue weighted by Gasteiger charge is 2.43. The van der Waals surface area contributed by atoms with Gasteiger partial charge in [0.25, 0.3) is 5.91 Å². The fourth-order valence-electron chi connectivity index (χ4n) is 3.61. The summed E-state index contributed by atoms with van der Waals surface area (Å²) in [6.07, 6.45) is -4.76. The van der Waals surface area contributed by atoms with Gasteiger partial charge in [0.1, 0.15) is 6.17 Å². The highest BCUT2D eigenvalue weighted by Crippen LogP contribution is 2.40. The zero-order valence-electron chi connectivity index (χ0n) is 15.5. The number of halogens is 6. The van der Waals surface area contributed by atoms with Gasteiger partial charge in [0.05, 0.1) is 22.2 Å². The van der Waals surface area contributed by atoms with E-state index in [9.17, 15) is 27.5 Å². The van der Waals surface area contributed by atoms with Crippen molar-refractivity contribution in [2.45, 2.75) is 49.7 Å². The molecule has 1 saturated carbocycles. The number of nitrogens with zero attached hydrogens (tertiary/aromatic N) is 1. The summed E-state index contributed by atoms with van der Waals surface area (Å²) in [4.78, 5) is 16.1. The van der Waals surface area contributed by atoms with Gasteiger partial charge in [-0.1, -0.05) is 35.3 Å². The minimum absolute atomic E-state index is 0.0590. The van der Waals surface area contributed by atoms with Crippen molar-refractivity contribution in [3.63, 3.8) is 0 Å². The second-order valence-corrected chi connectivity index (χ2v) is 8.07. The molecule has 4 nitrogen and oxygen atoms in total. The average Bonchev–Trinajstić information content (AvgIpc) is 2.67. The standard InChI is InChI=1S/C20H18Cl2F4N2O2/c21-12-3-1-2-11(10-12)16(19(30)7-4-13(23)5-8-19)28-18(29)14-6-9-27-17(15(14)22)20(24,25)26/h1-3,6,9-10,13,16,30H,4-5,7-8H2,(H,28,29)/t13-,16-,19-/m0/s1. The first-order chi connectivity index (χ1) is 14.0. The molecule has 0 radical (unpaired) electrons. The van der Waals surface area contributed by atoms with E-state index < -0.39 is 46.2 Å². The van der Waals surface area contributed by atoms with Crippen molar-refractivity contribution in [2.24, 2.45) is 0 Å². The summed E-state index contributed by atoms with van der Waals surface area (Å²) in [7, 11) is 0. The molecule has 0 bridgehead atoms. The topological polar surface area (TPSA) is 62.2 Å². The van der Waals surface area contributed by atoms with Gasteiger partial charge < -0.3 is 10.4 Å². The number of hydrogen-bond donors (Lipinski definition) is 2. The molecule has 0 spiro atoms. The smallest absolute Gasteiger partial charge is 0.387 e. The van der Waals surface area contributed by atoms with Crippen LogP contribution in [0.1, 0.15) is 53.3 Å². The average molecular weight is 465 g/mol. The molecule has 0 aliphatic heterocycles. The highest BCUT2D eigenvalue weighted by atomic mass is 35.5. The quantitative estimate of drug-likeness (QED) is 0.585. The Balaban J connectivity index is 1.97. The molecule has 2 aromatic rings. The summed E-state index contributed by atoms with van der Waals surface area (Å²) in [5.74, 6) is -0.923. The number of carbonyl (C=O) groups excluding carboxylic acids is 1. The van der Waals surface area contributed by atoms with E-state index >= 15 is 0 Å². The molecule has 1 aliphatic carbocycles. The normalized spacial score (nSPS) is 23.1. The van der Waals surface area contributed by atoms with Crippen LogP contribution in [0.15, 0.2) is 36.5 Å². The van der Waals surface area contributed by atoms with Crippen LogP contribution in [0.5, 0.6) is 0 Å². The summed E-state index contributed by atoms with van der Waals surface area (Å²) < 4.78 is 52.9. The number of rotatable bonds is 4. The van der Waals surface area contributed by atoms with Crippen molar-refractivity contribution in [3.05, 3.63) is 63.4 Å².